The van der Waals surface area contributed by atoms with E-state index in [-0.39, 0.29) is 5.82 Å². The highest BCUT2D eigenvalue weighted by Crippen LogP contribution is 2.30. The fourth-order valence-corrected chi connectivity index (χ4v) is 3.08. The van der Waals surface area contributed by atoms with Gasteiger partial charge in [-0.05, 0) is 49.4 Å². The second-order valence-corrected chi connectivity index (χ2v) is 5.67. The van der Waals surface area contributed by atoms with Crippen LogP contribution >= 0.6 is 0 Å². The van der Waals surface area contributed by atoms with Crippen LogP contribution in [0.2, 0.25) is 0 Å². The van der Waals surface area contributed by atoms with E-state index in [4.69, 9.17) is 4.42 Å². The monoisotopic (exact) mass is 273 g/mol. The molecule has 1 heterocycles. The van der Waals surface area contributed by atoms with Gasteiger partial charge in [0, 0.05) is 24.6 Å². The molecule has 0 radical (unpaired) electrons. The fourth-order valence-electron chi connectivity index (χ4n) is 3.08. The molecule has 1 aliphatic carbocycles. The molecule has 1 unspecified atom stereocenters. The first-order chi connectivity index (χ1) is 9.65. The highest BCUT2D eigenvalue weighted by atomic mass is 19.1. The molecule has 1 aliphatic rings. The Morgan fingerprint density at radius 2 is 2.05 bits per heavy atom. The van der Waals surface area contributed by atoms with Gasteiger partial charge in [-0.1, -0.05) is 12.1 Å². The topological polar surface area (TPSA) is 25.2 Å². The minimum Gasteiger partial charge on any atom is -0.469 e. The smallest absolute Gasteiger partial charge is 0.129 e. The Hall–Kier alpha value is -1.61. The second-order valence-electron chi connectivity index (χ2n) is 5.67. The lowest BCUT2D eigenvalue weighted by Gasteiger charge is -2.23. The molecule has 0 fully saturated rings. The second kappa shape index (κ2) is 5.41. The summed E-state index contributed by atoms with van der Waals surface area (Å²) >= 11 is 0. The SMILES string of the molecule is Cc1cc(CNC2CCCc3occc32)cc(C)c1F. The average Bonchev–Trinajstić information content (AvgIpc) is 2.91. The number of hydrogen-bond donors (Lipinski definition) is 1. The Bertz CT molecular complexity index is 594. The zero-order valence-electron chi connectivity index (χ0n) is 12.0. The molecule has 1 atom stereocenters. The van der Waals surface area contributed by atoms with Crippen LogP contribution in [0.1, 0.15) is 46.9 Å². The van der Waals surface area contributed by atoms with Crippen LogP contribution in [0, 0.1) is 19.7 Å². The van der Waals surface area contributed by atoms with Crippen molar-refractivity contribution in [2.24, 2.45) is 0 Å². The molecule has 0 amide bonds. The first kappa shape index (κ1) is 13.4. The third-order valence-electron chi connectivity index (χ3n) is 4.10. The van der Waals surface area contributed by atoms with Gasteiger partial charge in [0.05, 0.1) is 6.26 Å². The van der Waals surface area contributed by atoms with Gasteiger partial charge < -0.3 is 9.73 Å². The van der Waals surface area contributed by atoms with Gasteiger partial charge in [-0.15, -0.1) is 0 Å². The molecule has 0 saturated carbocycles. The molecule has 3 heteroatoms. The van der Waals surface area contributed by atoms with Gasteiger partial charge in [0.25, 0.3) is 0 Å². The number of nitrogens with one attached hydrogen (secondary N) is 1. The Morgan fingerprint density at radius 1 is 1.30 bits per heavy atom. The molecule has 0 aliphatic heterocycles. The minimum atomic E-state index is -0.0939. The van der Waals surface area contributed by atoms with Gasteiger partial charge in [-0.3, -0.25) is 0 Å². The lowest BCUT2D eigenvalue weighted by molar-refractivity contribution is 0.410. The fraction of sp³-hybridized carbons (Fsp3) is 0.412. The molecule has 20 heavy (non-hydrogen) atoms. The van der Waals surface area contributed by atoms with Crippen molar-refractivity contribution in [3.63, 3.8) is 0 Å². The summed E-state index contributed by atoms with van der Waals surface area (Å²) < 4.78 is 19.1. The maximum Gasteiger partial charge on any atom is 0.129 e. The summed E-state index contributed by atoms with van der Waals surface area (Å²) in [5, 5.41) is 3.57. The van der Waals surface area contributed by atoms with Crippen molar-refractivity contribution in [2.75, 3.05) is 0 Å². The first-order valence-corrected chi connectivity index (χ1v) is 7.20. The van der Waals surface area contributed by atoms with E-state index < -0.39 is 0 Å². The van der Waals surface area contributed by atoms with Crippen LogP contribution in [-0.2, 0) is 13.0 Å². The molecule has 1 aromatic heterocycles. The summed E-state index contributed by atoms with van der Waals surface area (Å²) in [7, 11) is 0. The van der Waals surface area contributed by atoms with Gasteiger partial charge >= 0.3 is 0 Å². The van der Waals surface area contributed by atoms with Crippen molar-refractivity contribution in [3.05, 3.63) is 58.3 Å². The molecule has 3 rings (SSSR count). The van der Waals surface area contributed by atoms with E-state index in [2.05, 4.69) is 11.4 Å². The number of halogens is 1. The summed E-state index contributed by atoms with van der Waals surface area (Å²) in [5.74, 6) is 1.02. The summed E-state index contributed by atoms with van der Waals surface area (Å²) in [5.41, 5.74) is 3.85. The van der Waals surface area contributed by atoms with Crippen molar-refractivity contribution >= 4 is 0 Å². The van der Waals surface area contributed by atoms with Gasteiger partial charge in [0.15, 0.2) is 0 Å². The lowest BCUT2D eigenvalue weighted by atomic mass is 9.93. The largest absolute Gasteiger partial charge is 0.469 e. The summed E-state index contributed by atoms with van der Waals surface area (Å²) in [4.78, 5) is 0. The molecular formula is C17H20FNO. The molecule has 1 N–H and O–H groups in total. The van der Waals surface area contributed by atoms with Crippen molar-refractivity contribution in [1.29, 1.82) is 0 Å². The van der Waals surface area contributed by atoms with E-state index in [1.807, 2.05) is 26.0 Å². The Morgan fingerprint density at radius 3 is 2.80 bits per heavy atom. The van der Waals surface area contributed by atoms with E-state index >= 15 is 0 Å². The molecule has 2 aromatic rings. The van der Waals surface area contributed by atoms with Crippen molar-refractivity contribution in [3.8, 4) is 0 Å². The summed E-state index contributed by atoms with van der Waals surface area (Å²) in [6.45, 7) is 4.40. The molecule has 1 aromatic carbocycles. The third kappa shape index (κ3) is 2.50. The van der Waals surface area contributed by atoms with Gasteiger partial charge in [0.1, 0.15) is 11.6 Å². The predicted octanol–water partition coefficient (Wildman–Crippen LogP) is 4.20. The van der Waals surface area contributed by atoms with Crippen LogP contribution in [-0.4, -0.2) is 0 Å². The van der Waals surface area contributed by atoms with Gasteiger partial charge in [-0.2, -0.15) is 0 Å². The van der Waals surface area contributed by atoms with Crippen molar-refractivity contribution < 1.29 is 8.81 Å². The molecular weight excluding hydrogens is 253 g/mol. The van der Waals surface area contributed by atoms with Crippen LogP contribution in [0.3, 0.4) is 0 Å². The maximum absolute atomic E-state index is 13.6. The Labute approximate surface area is 119 Å². The molecule has 0 bridgehead atoms. The Kier molecular flexibility index (Phi) is 3.62. The molecule has 0 saturated heterocycles. The van der Waals surface area contributed by atoms with Crippen LogP contribution in [0.5, 0.6) is 0 Å². The third-order valence-corrected chi connectivity index (χ3v) is 4.10. The van der Waals surface area contributed by atoms with Crippen molar-refractivity contribution in [2.45, 2.75) is 45.7 Å². The number of hydrogen-bond acceptors (Lipinski definition) is 2. The minimum absolute atomic E-state index is 0.0939. The highest BCUT2D eigenvalue weighted by Gasteiger charge is 2.22. The molecule has 0 spiro atoms. The average molecular weight is 273 g/mol. The van der Waals surface area contributed by atoms with Gasteiger partial charge in [0.2, 0.25) is 0 Å². The number of fused-ring (bicyclic) bond motifs is 1. The van der Waals surface area contributed by atoms with E-state index in [1.54, 1.807) is 6.26 Å². The first-order valence-electron chi connectivity index (χ1n) is 7.20. The normalized spacial score (nSPS) is 18.1. The van der Waals surface area contributed by atoms with E-state index in [0.717, 1.165) is 48.3 Å². The number of furan rings is 1. The highest BCUT2D eigenvalue weighted by molar-refractivity contribution is 5.31. The number of benzene rings is 1. The van der Waals surface area contributed by atoms with E-state index in [0.29, 0.717) is 6.04 Å². The van der Waals surface area contributed by atoms with Gasteiger partial charge in [-0.25, -0.2) is 4.39 Å². The number of rotatable bonds is 3. The Balaban J connectivity index is 1.72. The lowest BCUT2D eigenvalue weighted by Crippen LogP contribution is -2.24. The van der Waals surface area contributed by atoms with E-state index in [1.165, 1.54) is 5.56 Å². The summed E-state index contributed by atoms with van der Waals surface area (Å²) in [6, 6.07) is 6.26. The van der Waals surface area contributed by atoms with Crippen molar-refractivity contribution in [1.82, 2.24) is 5.32 Å². The quantitative estimate of drug-likeness (QED) is 0.906. The van der Waals surface area contributed by atoms with Crippen LogP contribution < -0.4 is 5.32 Å². The zero-order chi connectivity index (χ0) is 14.1. The van der Waals surface area contributed by atoms with Crippen LogP contribution in [0.15, 0.2) is 28.9 Å². The van der Waals surface area contributed by atoms with E-state index in [9.17, 15) is 4.39 Å². The van der Waals surface area contributed by atoms with Crippen LogP contribution in [0.25, 0.3) is 0 Å². The van der Waals surface area contributed by atoms with Crippen LogP contribution in [0.4, 0.5) is 4.39 Å². The zero-order valence-corrected chi connectivity index (χ0v) is 12.0. The molecule has 106 valence electrons. The standard InChI is InChI=1S/C17H20FNO/c1-11-8-13(9-12(2)17(11)18)10-19-15-4-3-5-16-14(15)6-7-20-16/h6-9,15,19H,3-5,10H2,1-2H3. The number of aryl methyl sites for hydroxylation is 3. The summed E-state index contributed by atoms with van der Waals surface area (Å²) in [6.07, 6.45) is 5.09. The molecule has 2 nitrogen and oxygen atoms in total. The predicted molar refractivity (Wildman–Crippen MR) is 77.1 cm³/mol. The maximum atomic E-state index is 13.6.